The summed E-state index contributed by atoms with van der Waals surface area (Å²) in [5, 5.41) is 3.73. The molecule has 1 fully saturated rings. The number of primary amides is 1. The molecular formula is C23H20F6N4O. The van der Waals surface area contributed by atoms with Crippen molar-refractivity contribution in [3.05, 3.63) is 59.6 Å². The molecule has 2 unspecified atom stereocenters. The average molecular weight is 485 g/mol. The van der Waals surface area contributed by atoms with Crippen molar-refractivity contribution in [3.63, 3.8) is 0 Å². The predicted octanol–water partition coefficient (Wildman–Crippen LogP) is 5.92. The molecule has 2 heterocycles. The van der Waals surface area contributed by atoms with Crippen molar-refractivity contribution in [1.29, 1.82) is 0 Å². The number of rotatable bonds is 5. The maximum absolute atomic E-state index is 14.9. The van der Waals surface area contributed by atoms with E-state index in [1.807, 2.05) is 0 Å². The second-order valence-corrected chi connectivity index (χ2v) is 8.07. The van der Waals surface area contributed by atoms with E-state index in [-0.39, 0.29) is 33.5 Å². The maximum Gasteiger partial charge on any atom is 0.333 e. The number of halogens is 6. The molecule has 2 atom stereocenters. The van der Waals surface area contributed by atoms with Crippen LogP contribution in [0.1, 0.15) is 58.7 Å². The Balaban J connectivity index is 2.06. The molecule has 34 heavy (non-hydrogen) atoms. The van der Waals surface area contributed by atoms with E-state index in [4.69, 9.17) is 9.85 Å². The smallest absolute Gasteiger partial charge is 0.333 e. The van der Waals surface area contributed by atoms with Crippen LogP contribution in [0.4, 0.5) is 26.3 Å². The van der Waals surface area contributed by atoms with Crippen LogP contribution < -0.4 is 5.73 Å². The molecule has 2 N–H and O–H groups in total. The first kappa shape index (κ1) is 20.0. The standard InChI is InChI=1S/C23H20F6N4O/c1-11-9-23(28,29)6-4-13(11)19-18(20-16(21(30)34)10-33(32-20)22(26)27)14(5-7-31-19)15-8-12(24)2-3-17(15)25/h2-3,5,7-8,10-11,13,22H,4,6,9H2,1H3,(H2,30,34)/i1D3. The third-order valence-electron chi connectivity index (χ3n) is 5.81. The number of alkyl halides is 4. The monoisotopic (exact) mass is 485 g/mol. The first-order valence-electron chi connectivity index (χ1n) is 11.7. The van der Waals surface area contributed by atoms with E-state index >= 15 is 0 Å². The van der Waals surface area contributed by atoms with Crippen LogP contribution in [0.3, 0.4) is 0 Å². The number of carbonyl (C=O) groups excluding carboxylic acids is 1. The molecule has 2 aromatic heterocycles. The van der Waals surface area contributed by atoms with Gasteiger partial charge in [0.1, 0.15) is 17.3 Å². The zero-order chi connectivity index (χ0) is 27.3. The summed E-state index contributed by atoms with van der Waals surface area (Å²) in [6.07, 6.45) is -0.288. The van der Waals surface area contributed by atoms with Crippen molar-refractivity contribution in [2.75, 3.05) is 0 Å². The number of pyridine rings is 1. The SMILES string of the molecule is [2H]C([2H])([2H])C1CC(F)(F)CCC1c1nccc(-c2cc(F)ccc2F)c1-c1nn(C(F)F)cc1C(N)=O. The quantitative estimate of drug-likeness (QED) is 0.456. The molecule has 1 aliphatic carbocycles. The molecule has 1 aromatic carbocycles. The summed E-state index contributed by atoms with van der Waals surface area (Å²) in [5.74, 6) is -9.06. The number of carbonyl (C=O) groups is 1. The van der Waals surface area contributed by atoms with Crippen LogP contribution in [0.5, 0.6) is 0 Å². The Hall–Kier alpha value is -3.37. The normalized spacial score (nSPS) is 21.7. The molecule has 1 aliphatic rings. The van der Waals surface area contributed by atoms with Gasteiger partial charge in [-0.25, -0.2) is 22.2 Å². The molecule has 4 rings (SSSR count). The van der Waals surface area contributed by atoms with Gasteiger partial charge in [-0.3, -0.25) is 9.78 Å². The highest BCUT2D eigenvalue weighted by Crippen LogP contribution is 2.48. The Bertz CT molecular complexity index is 1340. The van der Waals surface area contributed by atoms with Gasteiger partial charge in [-0.1, -0.05) is 6.85 Å². The molecule has 0 spiro atoms. The Morgan fingerprint density at radius 2 is 2.03 bits per heavy atom. The van der Waals surface area contributed by atoms with E-state index in [0.29, 0.717) is 6.20 Å². The molecule has 11 heteroatoms. The van der Waals surface area contributed by atoms with Crippen LogP contribution in [-0.4, -0.2) is 26.6 Å². The van der Waals surface area contributed by atoms with E-state index in [9.17, 15) is 31.1 Å². The van der Waals surface area contributed by atoms with Crippen LogP contribution in [0.2, 0.25) is 0 Å². The topological polar surface area (TPSA) is 73.8 Å². The zero-order valence-electron chi connectivity index (χ0n) is 20.4. The molecular weight excluding hydrogens is 462 g/mol. The highest BCUT2D eigenvalue weighted by Gasteiger charge is 2.42. The van der Waals surface area contributed by atoms with Crippen LogP contribution in [0.15, 0.2) is 36.7 Å². The van der Waals surface area contributed by atoms with E-state index in [1.165, 1.54) is 6.07 Å². The van der Waals surface area contributed by atoms with Crippen LogP contribution in [0, 0.1) is 17.6 Å². The summed E-state index contributed by atoms with van der Waals surface area (Å²) in [5.41, 5.74) is 3.39. The number of aromatic nitrogens is 3. The van der Waals surface area contributed by atoms with Gasteiger partial charge < -0.3 is 5.73 Å². The largest absolute Gasteiger partial charge is 0.365 e. The van der Waals surface area contributed by atoms with Crippen molar-refractivity contribution >= 4 is 5.91 Å². The van der Waals surface area contributed by atoms with Gasteiger partial charge in [0.15, 0.2) is 0 Å². The zero-order valence-corrected chi connectivity index (χ0v) is 17.4. The van der Waals surface area contributed by atoms with Gasteiger partial charge in [0.25, 0.3) is 5.91 Å². The van der Waals surface area contributed by atoms with Crippen LogP contribution >= 0.6 is 0 Å². The predicted molar refractivity (Wildman–Crippen MR) is 111 cm³/mol. The van der Waals surface area contributed by atoms with Gasteiger partial charge in [-0.2, -0.15) is 13.9 Å². The number of benzene rings is 1. The number of nitrogens with zero attached hydrogens (tertiary/aromatic N) is 3. The first-order valence-corrected chi connectivity index (χ1v) is 10.2. The van der Waals surface area contributed by atoms with E-state index in [2.05, 4.69) is 10.1 Å². The lowest BCUT2D eigenvalue weighted by molar-refractivity contribution is -0.0558. The van der Waals surface area contributed by atoms with Crippen LogP contribution in [-0.2, 0) is 0 Å². The molecule has 180 valence electrons. The number of amides is 1. The van der Waals surface area contributed by atoms with Gasteiger partial charge >= 0.3 is 6.55 Å². The molecule has 0 aliphatic heterocycles. The summed E-state index contributed by atoms with van der Waals surface area (Å²) in [6.45, 7) is -6.09. The fraction of sp³-hybridized carbons (Fsp3) is 0.348. The third kappa shape index (κ3) is 4.38. The first-order chi connectivity index (χ1) is 17.2. The van der Waals surface area contributed by atoms with Gasteiger partial charge in [0, 0.05) is 46.4 Å². The summed E-state index contributed by atoms with van der Waals surface area (Å²) in [7, 11) is 0. The second-order valence-electron chi connectivity index (χ2n) is 8.07. The second kappa shape index (κ2) is 8.77. The fourth-order valence-electron chi connectivity index (χ4n) is 4.25. The highest BCUT2D eigenvalue weighted by atomic mass is 19.3. The van der Waals surface area contributed by atoms with E-state index < -0.39 is 72.8 Å². The van der Waals surface area contributed by atoms with Gasteiger partial charge in [0.2, 0.25) is 5.92 Å². The number of hydrogen-bond acceptors (Lipinski definition) is 3. The maximum atomic E-state index is 14.9. The Labute approximate surface area is 194 Å². The van der Waals surface area contributed by atoms with Crippen molar-refractivity contribution in [2.24, 2.45) is 11.7 Å². The Morgan fingerprint density at radius 3 is 2.71 bits per heavy atom. The lowest BCUT2D eigenvalue weighted by Crippen LogP contribution is -2.30. The molecule has 3 aromatic rings. The average Bonchev–Trinajstić information content (AvgIpc) is 3.25. The van der Waals surface area contributed by atoms with Crippen molar-refractivity contribution < 1.29 is 35.2 Å². The fourth-order valence-corrected chi connectivity index (χ4v) is 4.25. The molecule has 0 bridgehead atoms. The molecule has 1 amide bonds. The minimum Gasteiger partial charge on any atom is -0.365 e. The van der Waals surface area contributed by atoms with Gasteiger partial charge in [0.05, 0.1) is 11.3 Å². The summed E-state index contributed by atoms with van der Waals surface area (Å²) < 4.78 is 108. The lowest BCUT2D eigenvalue weighted by Gasteiger charge is -2.34. The van der Waals surface area contributed by atoms with Crippen LogP contribution in [0.25, 0.3) is 22.4 Å². The molecule has 0 saturated heterocycles. The van der Waals surface area contributed by atoms with E-state index in [1.54, 1.807) is 0 Å². The highest BCUT2D eigenvalue weighted by molar-refractivity contribution is 6.01. The summed E-state index contributed by atoms with van der Waals surface area (Å²) >= 11 is 0. The van der Waals surface area contributed by atoms with Crippen molar-refractivity contribution in [3.8, 4) is 22.4 Å². The lowest BCUT2D eigenvalue weighted by atomic mass is 9.74. The summed E-state index contributed by atoms with van der Waals surface area (Å²) in [4.78, 5) is 16.4. The third-order valence-corrected chi connectivity index (χ3v) is 5.81. The van der Waals surface area contributed by atoms with Gasteiger partial charge in [-0.15, -0.1) is 0 Å². The molecule has 0 radical (unpaired) electrons. The minimum absolute atomic E-state index is 0.119. The van der Waals surface area contributed by atoms with Gasteiger partial charge in [-0.05, 0) is 42.2 Å². The molecule has 5 nitrogen and oxygen atoms in total. The number of hydrogen-bond donors (Lipinski definition) is 1. The Kier molecular flexibility index (Phi) is 5.17. The van der Waals surface area contributed by atoms with Crippen molar-refractivity contribution in [1.82, 2.24) is 14.8 Å². The number of nitrogens with two attached hydrogens (primary N) is 1. The Morgan fingerprint density at radius 1 is 1.26 bits per heavy atom. The van der Waals surface area contributed by atoms with Crippen molar-refractivity contribution in [2.45, 2.75) is 44.5 Å². The summed E-state index contributed by atoms with van der Waals surface area (Å²) in [6, 6.07) is 3.66. The molecule has 1 saturated carbocycles. The minimum atomic E-state index is -3.28. The van der Waals surface area contributed by atoms with E-state index in [0.717, 1.165) is 24.4 Å².